The van der Waals surface area contributed by atoms with E-state index in [0.717, 1.165) is 0 Å². The molecule has 1 heterocycles. The van der Waals surface area contributed by atoms with Crippen LogP contribution in [0.2, 0.25) is 0 Å². The average molecular weight is 490 g/mol. The van der Waals surface area contributed by atoms with Crippen LogP contribution in [0.1, 0.15) is 187 Å². The summed E-state index contributed by atoms with van der Waals surface area (Å²) in [6.45, 7) is 10.5. The second kappa shape index (κ2) is 23.6. The van der Waals surface area contributed by atoms with Crippen LogP contribution in [-0.4, -0.2) is 4.57 Å². The van der Waals surface area contributed by atoms with Crippen molar-refractivity contribution in [1.29, 1.82) is 0 Å². The van der Waals surface area contributed by atoms with Crippen molar-refractivity contribution < 1.29 is 4.57 Å². The first-order chi connectivity index (χ1) is 17.2. The second-order valence-corrected chi connectivity index (χ2v) is 11.6. The second-order valence-electron chi connectivity index (χ2n) is 11.6. The molecule has 1 aromatic rings. The van der Waals surface area contributed by atoms with Crippen LogP contribution >= 0.6 is 0 Å². The van der Waals surface area contributed by atoms with Crippen molar-refractivity contribution in [2.45, 2.75) is 194 Å². The third-order valence-corrected chi connectivity index (χ3v) is 7.85. The molecular weight excluding hydrogens is 424 g/mol. The summed E-state index contributed by atoms with van der Waals surface area (Å²) in [4.78, 5) is 0. The number of imidazole rings is 1. The van der Waals surface area contributed by atoms with Crippen LogP contribution < -0.4 is 4.57 Å². The molecule has 0 fully saturated rings. The van der Waals surface area contributed by atoms with Gasteiger partial charge < -0.3 is 0 Å². The smallest absolute Gasteiger partial charge is 0.234 e. The fourth-order valence-electron chi connectivity index (χ4n) is 5.49. The third kappa shape index (κ3) is 17.3. The summed E-state index contributed by atoms with van der Waals surface area (Å²) in [5.74, 6) is 1.57. The van der Waals surface area contributed by atoms with Crippen LogP contribution in [0.15, 0.2) is 12.4 Å². The van der Waals surface area contributed by atoms with Gasteiger partial charge in [0.1, 0.15) is 12.4 Å². The van der Waals surface area contributed by atoms with Crippen LogP contribution in [0, 0.1) is 0 Å². The highest BCUT2D eigenvalue weighted by Gasteiger charge is 2.18. The molecular formula is C33H65N2+. The fraction of sp³-hybridized carbons (Fsp3) is 0.909. The van der Waals surface area contributed by atoms with Gasteiger partial charge in [0, 0.05) is 6.42 Å². The normalized spacial score (nSPS) is 11.7. The standard InChI is InChI=1S/C33H65N2/c1-5-7-9-11-13-15-17-18-19-21-23-25-27-29-34-30-31-35(32(3)4)33(34)28-26-24-22-20-16-14-12-10-8-6-2/h30-32H,5-29H2,1-4H3/q+1. The van der Waals surface area contributed by atoms with Crippen molar-refractivity contribution in [3.8, 4) is 0 Å². The van der Waals surface area contributed by atoms with E-state index in [1.54, 1.807) is 5.82 Å². The molecule has 0 unspecified atom stereocenters. The van der Waals surface area contributed by atoms with E-state index in [1.165, 1.54) is 161 Å². The highest BCUT2D eigenvalue weighted by molar-refractivity contribution is 4.86. The van der Waals surface area contributed by atoms with Crippen molar-refractivity contribution >= 4 is 0 Å². The van der Waals surface area contributed by atoms with E-state index in [1.807, 2.05) is 0 Å². The molecule has 0 aromatic carbocycles. The fourth-order valence-corrected chi connectivity index (χ4v) is 5.49. The van der Waals surface area contributed by atoms with Crippen LogP contribution in [0.4, 0.5) is 0 Å². The lowest BCUT2D eigenvalue weighted by atomic mass is 10.0. The molecule has 2 nitrogen and oxygen atoms in total. The van der Waals surface area contributed by atoms with Crippen LogP contribution in [0.5, 0.6) is 0 Å². The Hall–Kier alpha value is -0.790. The maximum atomic E-state index is 2.58. The van der Waals surface area contributed by atoms with Gasteiger partial charge in [0.2, 0.25) is 0 Å². The van der Waals surface area contributed by atoms with E-state index in [0.29, 0.717) is 6.04 Å². The summed E-state index contributed by atoms with van der Waals surface area (Å²) in [5.41, 5.74) is 0. The first kappa shape index (κ1) is 32.2. The molecule has 0 aliphatic heterocycles. The maximum Gasteiger partial charge on any atom is 0.256 e. The van der Waals surface area contributed by atoms with Crippen molar-refractivity contribution in [3.63, 3.8) is 0 Å². The number of rotatable bonds is 26. The largest absolute Gasteiger partial charge is 0.256 e. The van der Waals surface area contributed by atoms with E-state index < -0.39 is 0 Å². The predicted octanol–water partition coefficient (Wildman–Crippen LogP) is 10.9. The van der Waals surface area contributed by atoms with Gasteiger partial charge in [-0.05, 0) is 33.1 Å². The number of unbranched alkanes of at least 4 members (excludes halogenated alkanes) is 21. The maximum absolute atomic E-state index is 2.58. The summed E-state index contributed by atoms with van der Waals surface area (Å²) < 4.78 is 5.10. The van der Waals surface area contributed by atoms with Gasteiger partial charge >= 0.3 is 0 Å². The van der Waals surface area contributed by atoms with Crippen LogP contribution in [0.3, 0.4) is 0 Å². The predicted molar refractivity (Wildman–Crippen MR) is 156 cm³/mol. The average Bonchev–Trinajstić information content (AvgIpc) is 3.26. The first-order valence-electron chi connectivity index (χ1n) is 16.3. The minimum atomic E-state index is 0.570. The highest BCUT2D eigenvalue weighted by Crippen LogP contribution is 2.15. The first-order valence-corrected chi connectivity index (χ1v) is 16.3. The third-order valence-electron chi connectivity index (χ3n) is 7.85. The molecule has 1 rings (SSSR count). The van der Waals surface area contributed by atoms with Crippen LogP contribution in [0.25, 0.3) is 0 Å². The van der Waals surface area contributed by atoms with Crippen molar-refractivity contribution in [1.82, 2.24) is 4.57 Å². The summed E-state index contributed by atoms with van der Waals surface area (Å²) in [6.07, 6.45) is 38.8. The van der Waals surface area contributed by atoms with Gasteiger partial charge in [0.25, 0.3) is 5.82 Å². The Bertz CT molecular complexity index is 559. The Morgan fingerprint density at radius 1 is 0.543 bits per heavy atom. The number of nitrogens with zero attached hydrogens (tertiary/aromatic N) is 2. The number of aromatic nitrogens is 2. The molecule has 0 N–H and O–H groups in total. The van der Waals surface area contributed by atoms with E-state index in [2.05, 4.69) is 49.2 Å². The summed E-state index contributed by atoms with van der Waals surface area (Å²) in [6, 6.07) is 0.570. The molecule has 0 spiro atoms. The lowest BCUT2D eigenvalue weighted by Gasteiger charge is -2.08. The zero-order chi connectivity index (χ0) is 25.4. The highest BCUT2D eigenvalue weighted by atomic mass is 15.2. The van der Waals surface area contributed by atoms with Gasteiger partial charge in [-0.3, -0.25) is 0 Å². The Morgan fingerprint density at radius 3 is 1.31 bits per heavy atom. The van der Waals surface area contributed by atoms with Crippen molar-refractivity contribution in [2.24, 2.45) is 0 Å². The lowest BCUT2D eigenvalue weighted by Crippen LogP contribution is -2.37. The van der Waals surface area contributed by atoms with Crippen molar-refractivity contribution in [2.75, 3.05) is 0 Å². The summed E-state index contributed by atoms with van der Waals surface area (Å²) in [5, 5.41) is 0. The van der Waals surface area contributed by atoms with Gasteiger partial charge in [-0.25, -0.2) is 9.13 Å². The van der Waals surface area contributed by atoms with Crippen LogP contribution in [-0.2, 0) is 13.0 Å². The van der Waals surface area contributed by atoms with E-state index in [9.17, 15) is 0 Å². The minimum Gasteiger partial charge on any atom is -0.234 e. The molecule has 0 radical (unpaired) electrons. The molecule has 206 valence electrons. The molecule has 0 bridgehead atoms. The monoisotopic (exact) mass is 490 g/mol. The quantitative estimate of drug-likeness (QED) is 0.0903. The van der Waals surface area contributed by atoms with Gasteiger partial charge in [-0.15, -0.1) is 0 Å². The molecule has 1 aromatic heterocycles. The molecule has 0 amide bonds. The zero-order valence-electron chi connectivity index (χ0n) is 24.8. The van der Waals surface area contributed by atoms with Gasteiger partial charge in [-0.2, -0.15) is 0 Å². The van der Waals surface area contributed by atoms with Gasteiger partial charge in [0.05, 0.1) is 12.6 Å². The lowest BCUT2D eigenvalue weighted by molar-refractivity contribution is -0.704. The van der Waals surface area contributed by atoms with Gasteiger partial charge in [0.15, 0.2) is 0 Å². The molecule has 2 heteroatoms. The SMILES string of the molecule is CCCCCCCCCCCCCCC[n+]1ccn(C(C)C)c1CCCCCCCCCCCC. The van der Waals surface area contributed by atoms with Crippen molar-refractivity contribution in [3.05, 3.63) is 18.2 Å². The Morgan fingerprint density at radius 2 is 0.914 bits per heavy atom. The molecule has 0 saturated carbocycles. The minimum absolute atomic E-state index is 0.570. The number of hydrogen-bond acceptors (Lipinski definition) is 0. The summed E-state index contributed by atoms with van der Waals surface area (Å²) >= 11 is 0. The molecule has 0 aliphatic carbocycles. The Balaban J connectivity index is 2.12. The topological polar surface area (TPSA) is 8.81 Å². The molecule has 0 atom stereocenters. The molecule has 0 saturated heterocycles. The molecule has 0 aliphatic rings. The summed E-state index contributed by atoms with van der Waals surface area (Å²) in [7, 11) is 0. The zero-order valence-corrected chi connectivity index (χ0v) is 24.8. The number of aryl methyl sites for hydroxylation is 1. The van der Waals surface area contributed by atoms with E-state index in [-0.39, 0.29) is 0 Å². The van der Waals surface area contributed by atoms with E-state index in [4.69, 9.17) is 0 Å². The number of hydrogen-bond donors (Lipinski definition) is 0. The Labute approximate surface area is 221 Å². The molecule has 35 heavy (non-hydrogen) atoms. The van der Waals surface area contributed by atoms with Gasteiger partial charge in [-0.1, -0.05) is 142 Å². The Kier molecular flexibility index (Phi) is 21.7. The van der Waals surface area contributed by atoms with E-state index >= 15 is 0 Å².